The molecular formula is C14H26F2N2O2. The molecule has 0 heterocycles. The van der Waals surface area contributed by atoms with Gasteiger partial charge in [-0.15, -0.1) is 0 Å². The van der Waals surface area contributed by atoms with E-state index in [1.807, 2.05) is 0 Å². The maximum Gasteiger partial charge on any atom is 0.407 e. The van der Waals surface area contributed by atoms with Crippen LogP contribution in [0.2, 0.25) is 0 Å². The van der Waals surface area contributed by atoms with E-state index >= 15 is 0 Å². The van der Waals surface area contributed by atoms with E-state index in [1.54, 1.807) is 20.8 Å². The maximum absolute atomic E-state index is 13.1. The molecule has 0 aromatic heterocycles. The molecule has 20 heavy (non-hydrogen) atoms. The molecule has 0 aliphatic heterocycles. The van der Waals surface area contributed by atoms with Gasteiger partial charge in [-0.05, 0) is 46.0 Å². The second kappa shape index (κ2) is 6.70. The minimum Gasteiger partial charge on any atom is -0.444 e. The highest BCUT2D eigenvalue weighted by molar-refractivity contribution is 5.68. The van der Waals surface area contributed by atoms with Crippen LogP contribution in [0.3, 0.4) is 0 Å². The van der Waals surface area contributed by atoms with E-state index < -0.39 is 17.6 Å². The molecule has 0 spiro atoms. The lowest BCUT2D eigenvalue weighted by Gasteiger charge is -2.31. The Labute approximate surface area is 119 Å². The summed E-state index contributed by atoms with van der Waals surface area (Å²) >= 11 is 0. The van der Waals surface area contributed by atoms with Crippen LogP contribution in [-0.2, 0) is 4.74 Å². The van der Waals surface area contributed by atoms with Crippen molar-refractivity contribution in [2.75, 3.05) is 6.54 Å². The summed E-state index contributed by atoms with van der Waals surface area (Å²) in [5.74, 6) is -2.33. The van der Waals surface area contributed by atoms with Crippen LogP contribution in [0.5, 0.6) is 0 Å². The smallest absolute Gasteiger partial charge is 0.407 e. The van der Waals surface area contributed by atoms with Gasteiger partial charge in [-0.1, -0.05) is 0 Å². The second-order valence-corrected chi connectivity index (χ2v) is 6.61. The lowest BCUT2D eigenvalue weighted by Crippen LogP contribution is -2.44. The van der Waals surface area contributed by atoms with Crippen molar-refractivity contribution in [2.24, 2.45) is 11.7 Å². The molecule has 6 heteroatoms. The number of alkyl carbamates (subject to hydrolysis) is 1. The van der Waals surface area contributed by atoms with E-state index in [0.717, 1.165) is 0 Å². The number of alkyl halides is 2. The number of carbonyl (C=O) groups excluding carboxylic acids is 1. The summed E-state index contributed by atoms with van der Waals surface area (Å²) in [6.45, 7) is 5.64. The van der Waals surface area contributed by atoms with Gasteiger partial charge >= 0.3 is 6.09 Å². The predicted octanol–water partition coefficient (Wildman–Crippen LogP) is 3.05. The van der Waals surface area contributed by atoms with Crippen LogP contribution >= 0.6 is 0 Å². The van der Waals surface area contributed by atoms with Crippen molar-refractivity contribution in [3.8, 4) is 0 Å². The van der Waals surface area contributed by atoms with Gasteiger partial charge in [0, 0.05) is 25.4 Å². The lowest BCUT2D eigenvalue weighted by molar-refractivity contribution is -0.0474. The van der Waals surface area contributed by atoms with Crippen LogP contribution in [0.4, 0.5) is 13.6 Å². The number of hydrogen-bond donors (Lipinski definition) is 2. The number of hydrogen-bond acceptors (Lipinski definition) is 3. The number of rotatable bonds is 4. The maximum atomic E-state index is 13.1. The van der Waals surface area contributed by atoms with Gasteiger partial charge in [0.1, 0.15) is 5.60 Å². The molecule has 1 aliphatic carbocycles. The topological polar surface area (TPSA) is 64.3 Å². The number of nitrogens with two attached hydrogens (primary N) is 1. The van der Waals surface area contributed by atoms with E-state index in [0.29, 0.717) is 19.3 Å². The standard InChI is InChI=1S/C14H26F2N2O2/c1-13(2,3)20-12(19)18-11(9-17)8-10-4-6-14(15,16)7-5-10/h10-11H,4-9,17H2,1-3H3,(H,18,19). The van der Waals surface area contributed by atoms with Gasteiger partial charge in [0.2, 0.25) is 5.92 Å². The van der Waals surface area contributed by atoms with Gasteiger partial charge in [-0.25, -0.2) is 13.6 Å². The molecule has 3 N–H and O–H groups in total. The van der Waals surface area contributed by atoms with Crippen molar-refractivity contribution >= 4 is 6.09 Å². The Morgan fingerprint density at radius 3 is 2.40 bits per heavy atom. The average Bonchev–Trinajstić information content (AvgIpc) is 2.28. The summed E-state index contributed by atoms with van der Waals surface area (Å²) in [6.07, 6.45) is 0.960. The lowest BCUT2D eigenvalue weighted by atomic mass is 9.83. The quantitative estimate of drug-likeness (QED) is 0.837. The normalized spacial score (nSPS) is 21.3. The Hall–Kier alpha value is -0.910. The third-order valence-electron chi connectivity index (χ3n) is 3.46. The Kier molecular flexibility index (Phi) is 5.74. The summed E-state index contributed by atoms with van der Waals surface area (Å²) < 4.78 is 31.3. The molecule has 1 aliphatic rings. The largest absolute Gasteiger partial charge is 0.444 e. The zero-order valence-electron chi connectivity index (χ0n) is 12.5. The molecule has 0 saturated heterocycles. The Bertz CT molecular complexity index is 320. The molecule has 0 radical (unpaired) electrons. The second-order valence-electron chi connectivity index (χ2n) is 6.61. The molecular weight excluding hydrogens is 266 g/mol. The minimum atomic E-state index is -2.52. The molecule has 1 rings (SSSR count). The van der Waals surface area contributed by atoms with Crippen molar-refractivity contribution in [3.63, 3.8) is 0 Å². The van der Waals surface area contributed by atoms with Gasteiger partial charge in [-0.2, -0.15) is 0 Å². The van der Waals surface area contributed by atoms with Crippen LogP contribution in [0.1, 0.15) is 52.9 Å². The highest BCUT2D eigenvalue weighted by Crippen LogP contribution is 2.37. The van der Waals surface area contributed by atoms with Gasteiger partial charge < -0.3 is 15.8 Å². The summed E-state index contributed by atoms with van der Waals surface area (Å²) in [5, 5.41) is 2.72. The first-order valence-corrected chi connectivity index (χ1v) is 7.19. The summed E-state index contributed by atoms with van der Waals surface area (Å²) in [6, 6.07) is -0.221. The molecule has 1 saturated carbocycles. The minimum absolute atomic E-state index is 0.0681. The molecule has 1 unspecified atom stereocenters. The van der Waals surface area contributed by atoms with Crippen molar-refractivity contribution < 1.29 is 18.3 Å². The number of amides is 1. The third-order valence-corrected chi connectivity index (χ3v) is 3.46. The van der Waals surface area contributed by atoms with Crippen LogP contribution < -0.4 is 11.1 Å². The monoisotopic (exact) mass is 292 g/mol. The van der Waals surface area contributed by atoms with Crippen molar-refractivity contribution in [1.82, 2.24) is 5.32 Å². The van der Waals surface area contributed by atoms with E-state index in [4.69, 9.17) is 10.5 Å². The van der Waals surface area contributed by atoms with Gasteiger partial charge in [-0.3, -0.25) is 0 Å². The average molecular weight is 292 g/mol. The number of carbonyl (C=O) groups is 1. The molecule has 0 aromatic carbocycles. The fourth-order valence-electron chi connectivity index (χ4n) is 2.43. The molecule has 0 bridgehead atoms. The highest BCUT2D eigenvalue weighted by atomic mass is 19.3. The molecule has 1 fully saturated rings. The molecule has 1 amide bonds. The molecule has 118 valence electrons. The first-order chi connectivity index (χ1) is 9.11. The SMILES string of the molecule is CC(C)(C)OC(=O)NC(CN)CC1CCC(F)(F)CC1. The Balaban J connectivity index is 2.38. The Morgan fingerprint density at radius 1 is 1.40 bits per heavy atom. The zero-order valence-corrected chi connectivity index (χ0v) is 12.5. The molecule has 0 aromatic rings. The predicted molar refractivity (Wildman–Crippen MR) is 73.7 cm³/mol. The number of nitrogens with one attached hydrogen (secondary N) is 1. The summed E-state index contributed by atoms with van der Waals surface area (Å²) in [5.41, 5.74) is 5.08. The molecule has 1 atom stereocenters. The van der Waals surface area contributed by atoms with Gasteiger partial charge in [0.15, 0.2) is 0 Å². The van der Waals surface area contributed by atoms with E-state index in [9.17, 15) is 13.6 Å². The van der Waals surface area contributed by atoms with Gasteiger partial charge in [0.25, 0.3) is 0 Å². The first-order valence-electron chi connectivity index (χ1n) is 7.19. The van der Waals surface area contributed by atoms with Crippen molar-refractivity contribution in [1.29, 1.82) is 0 Å². The fourth-order valence-corrected chi connectivity index (χ4v) is 2.43. The molecule has 4 nitrogen and oxygen atoms in total. The fraction of sp³-hybridized carbons (Fsp3) is 0.929. The van der Waals surface area contributed by atoms with Crippen LogP contribution in [0.15, 0.2) is 0 Å². The van der Waals surface area contributed by atoms with Gasteiger partial charge in [0.05, 0.1) is 0 Å². The number of halogens is 2. The summed E-state index contributed by atoms with van der Waals surface area (Å²) in [7, 11) is 0. The zero-order chi connectivity index (χ0) is 15.4. The third kappa shape index (κ3) is 6.50. The van der Waals surface area contributed by atoms with Crippen LogP contribution in [0.25, 0.3) is 0 Å². The Morgan fingerprint density at radius 2 is 1.95 bits per heavy atom. The van der Waals surface area contributed by atoms with Crippen LogP contribution in [-0.4, -0.2) is 30.2 Å². The van der Waals surface area contributed by atoms with Crippen LogP contribution in [0, 0.1) is 5.92 Å². The van der Waals surface area contributed by atoms with E-state index in [-0.39, 0.29) is 31.3 Å². The van der Waals surface area contributed by atoms with E-state index in [2.05, 4.69) is 5.32 Å². The van der Waals surface area contributed by atoms with E-state index in [1.165, 1.54) is 0 Å². The summed E-state index contributed by atoms with van der Waals surface area (Å²) in [4.78, 5) is 11.7. The van der Waals surface area contributed by atoms with Crippen molar-refractivity contribution in [3.05, 3.63) is 0 Å². The van der Waals surface area contributed by atoms with Crippen molar-refractivity contribution in [2.45, 2.75) is 70.4 Å². The first kappa shape index (κ1) is 17.1. The number of ether oxygens (including phenoxy) is 1. The highest BCUT2D eigenvalue weighted by Gasteiger charge is 2.35.